The predicted molar refractivity (Wildman–Crippen MR) is 74.6 cm³/mol. The van der Waals surface area contributed by atoms with Crippen molar-refractivity contribution in [1.29, 1.82) is 0 Å². The number of amides is 2. The summed E-state index contributed by atoms with van der Waals surface area (Å²) in [6.45, 7) is 2.50. The Morgan fingerprint density at radius 2 is 2.11 bits per heavy atom. The number of nitrogens with one attached hydrogen (secondary N) is 1. The number of hydrogen-bond donors (Lipinski definition) is 1. The lowest BCUT2D eigenvalue weighted by Crippen LogP contribution is -2.30. The van der Waals surface area contributed by atoms with Crippen LogP contribution >= 0.6 is 0 Å². The van der Waals surface area contributed by atoms with Gasteiger partial charge in [0, 0.05) is 18.1 Å². The van der Waals surface area contributed by atoms with E-state index in [4.69, 9.17) is 0 Å². The van der Waals surface area contributed by atoms with Gasteiger partial charge in [0.2, 0.25) is 0 Å². The van der Waals surface area contributed by atoms with Gasteiger partial charge in [-0.2, -0.15) is 0 Å². The summed E-state index contributed by atoms with van der Waals surface area (Å²) in [5, 5.41) is 1.80. The molecule has 1 heterocycles. The van der Waals surface area contributed by atoms with Crippen LogP contribution in [-0.2, 0) is 4.79 Å². The molecule has 1 aromatic carbocycles. The smallest absolute Gasteiger partial charge is 0.319 e. The molecule has 2 amide bonds. The van der Waals surface area contributed by atoms with E-state index in [-0.39, 0.29) is 5.91 Å². The molecule has 0 bridgehead atoms. The molecule has 0 aliphatic heterocycles. The van der Waals surface area contributed by atoms with Gasteiger partial charge >= 0.3 is 6.41 Å². The van der Waals surface area contributed by atoms with E-state index in [9.17, 15) is 9.59 Å². The second-order valence-electron chi connectivity index (χ2n) is 4.51. The molecule has 1 radical (unpaired) electrons. The van der Waals surface area contributed by atoms with Gasteiger partial charge in [-0.25, -0.2) is 0 Å². The summed E-state index contributed by atoms with van der Waals surface area (Å²) in [6, 6.07) is 7.58. The van der Waals surface area contributed by atoms with Gasteiger partial charge in [0.1, 0.15) is 5.69 Å². The first-order chi connectivity index (χ1) is 9.27. The van der Waals surface area contributed by atoms with Gasteiger partial charge in [0.25, 0.3) is 5.91 Å². The van der Waals surface area contributed by atoms with Crippen molar-refractivity contribution in [3.63, 3.8) is 0 Å². The maximum Gasteiger partial charge on any atom is 0.319 e. The van der Waals surface area contributed by atoms with Crippen LogP contribution in [0.15, 0.2) is 30.5 Å². The summed E-state index contributed by atoms with van der Waals surface area (Å²) in [5.41, 5.74) is 0.454. The maximum absolute atomic E-state index is 12.3. The van der Waals surface area contributed by atoms with Gasteiger partial charge in [-0.15, -0.1) is 0 Å². The highest BCUT2D eigenvalue weighted by Gasteiger charge is 2.19. The first-order valence-electron chi connectivity index (χ1n) is 6.53. The van der Waals surface area contributed by atoms with Crippen LogP contribution in [-0.4, -0.2) is 28.7 Å². The average Bonchev–Trinajstić information content (AvgIpc) is 2.87. The Morgan fingerprint density at radius 3 is 2.84 bits per heavy atom. The quantitative estimate of drug-likeness (QED) is 0.639. The fourth-order valence-corrected chi connectivity index (χ4v) is 2.10. The molecular formula is C15H17N2O2. The largest absolute Gasteiger partial charge is 0.356 e. The lowest BCUT2D eigenvalue weighted by atomic mass is 10.1. The topological polar surface area (TPSA) is 53.2 Å². The minimum atomic E-state index is -0.313. The fourth-order valence-electron chi connectivity index (χ4n) is 2.10. The van der Waals surface area contributed by atoms with Gasteiger partial charge in [0.05, 0.1) is 0 Å². The lowest BCUT2D eigenvalue weighted by Gasteiger charge is -2.13. The van der Waals surface area contributed by atoms with Crippen molar-refractivity contribution in [2.75, 3.05) is 6.54 Å². The number of carbonyl (C=O) groups excluding carboxylic acids is 2. The zero-order valence-electron chi connectivity index (χ0n) is 11.0. The van der Waals surface area contributed by atoms with Crippen LogP contribution in [0.5, 0.6) is 0 Å². The van der Waals surface area contributed by atoms with Crippen LogP contribution in [0.4, 0.5) is 0 Å². The van der Waals surface area contributed by atoms with E-state index >= 15 is 0 Å². The molecule has 0 fully saturated rings. The lowest BCUT2D eigenvalue weighted by molar-refractivity contribution is 0.0839. The minimum Gasteiger partial charge on any atom is -0.356 e. The van der Waals surface area contributed by atoms with E-state index < -0.39 is 0 Å². The molecule has 0 saturated heterocycles. The molecule has 0 aliphatic carbocycles. The Morgan fingerprint density at radius 1 is 1.32 bits per heavy atom. The number of imide groups is 1. The van der Waals surface area contributed by atoms with Gasteiger partial charge in [-0.3, -0.25) is 14.5 Å². The second kappa shape index (κ2) is 6.18. The van der Waals surface area contributed by atoms with E-state index in [1.165, 1.54) is 0 Å². The summed E-state index contributed by atoms with van der Waals surface area (Å²) in [6.07, 6.45) is 6.36. The van der Waals surface area contributed by atoms with E-state index in [0.717, 1.165) is 34.9 Å². The van der Waals surface area contributed by atoms with Crippen LogP contribution in [0.2, 0.25) is 0 Å². The number of rotatable bonds is 6. The summed E-state index contributed by atoms with van der Waals surface area (Å²) in [7, 11) is 0. The standard InChI is InChI=1S/C15H17N2O2/c1-2-3-6-9-17(11-18)15(19)14-13-8-5-4-7-12(13)10-16-14/h4-5,7-8,10,16H,2-3,6,9H2,1H3. The number of aromatic amines is 1. The van der Waals surface area contributed by atoms with Crippen molar-refractivity contribution in [1.82, 2.24) is 9.88 Å². The highest BCUT2D eigenvalue weighted by Crippen LogP contribution is 2.19. The van der Waals surface area contributed by atoms with Crippen LogP contribution in [0, 0.1) is 0 Å². The summed E-state index contributed by atoms with van der Waals surface area (Å²) >= 11 is 0. The molecule has 4 heteroatoms. The van der Waals surface area contributed by atoms with E-state index in [2.05, 4.69) is 11.9 Å². The first-order valence-corrected chi connectivity index (χ1v) is 6.53. The van der Waals surface area contributed by atoms with E-state index in [1.807, 2.05) is 24.3 Å². The normalized spacial score (nSPS) is 10.6. The predicted octanol–water partition coefficient (Wildman–Crippen LogP) is 2.87. The molecule has 0 unspecified atom stereocenters. The highest BCUT2D eigenvalue weighted by molar-refractivity contribution is 6.08. The molecule has 1 aromatic heterocycles. The zero-order chi connectivity index (χ0) is 13.7. The number of fused-ring (bicyclic) bond motifs is 1. The Labute approximate surface area is 112 Å². The molecule has 99 valence electrons. The number of aromatic nitrogens is 1. The number of benzene rings is 1. The average molecular weight is 257 g/mol. The van der Waals surface area contributed by atoms with Crippen LogP contribution in [0.3, 0.4) is 0 Å². The van der Waals surface area contributed by atoms with Gasteiger partial charge in [-0.05, 0) is 11.8 Å². The third kappa shape index (κ3) is 2.84. The van der Waals surface area contributed by atoms with Crippen molar-refractivity contribution in [2.24, 2.45) is 0 Å². The monoisotopic (exact) mass is 257 g/mol. The zero-order valence-corrected chi connectivity index (χ0v) is 11.0. The third-order valence-electron chi connectivity index (χ3n) is 3.16. The molecule has 0 saturated carbocycles. The van der Waals surface area contributed by atoms with Crippen molar-refractivity contribution < 1.29 is 9.59 Å². The molecule has 2 rings (SSSR count). The molecule has 19 heavy (non-hydrogen) atoms. The third-order valence-corrected chi connectivity index (χ3v) is 3.16. The fraction of sp³-hybridized carbons (Fsp3) is 0.333. The van der Waals surface area contributed by atoms with E-state index in [1.54, 1.807) is 12.6 Å². The molecule has 4 nitrogen and oxygen atoms in total. The number of hydrogen-bond acceptors (Lipinski definition) is 2. The molecule has 0 aliphatic rings. The Bertz CT molecular complexity index is 574. The van der Waals surface area contributed by atoms with Crippen molar-refractivity contribution in [3.05, 3.63) is 36.2 Å². The molecule has 0 atom stereocenters. The summed E-state index contributed by atoms with van der Waals surface area (Å²) in [4.78, 5) is 27.3. The number of nitrogens with zero attached hydrogens (tertiary/aromatic N) is 1. The Kier molecular flexibility index (Phi) is 4.34. The SMILES string of the molecule is CCCCCN([C]=O)C(=O)c1[nH]cc2ccccc12. The maximum atomic E-state index is 12.3. The first kappa shape index (κ1) is 13.3. The van der Waals surface area contributed by atoms with E-state index in [0.29, 0.717) is 12.2 Å². The molecule has 1 N–H and O–H groups in total. The highest BCUT2D eigenvalue weighted by atomic mass is 16.2. The number of unbranched alkanes of at least 4 members (excludes halogenated alkanes) is 2. The molecule has 0 spiro atoms. The number of carbonyl (C=O) groups is 1. The minimum absolute atomic E-state index is 0.313. The van der Waals surface area contributed by atoms with Crippen LogP contribution in [0.1, 0.15) is 36.7 Å². The van der Waals surface area contributed by atoms with Crippen molar-refractivity contribution in [3.8, 4) is 0 Å². The Balaban J connectivity index is 2.19. The van der Waals surface area contributed by atoms with Gasteiger partial charge < -0.3 is 4.98 Å². The second-order valence-corrected chi connectivity index (χ2v) is 4.51. The van der Waals surface area contributed by atoms with Crippen molar-refractivity contribution in [2.45, 2.75) is 26.2 Å². The van der Waals surface area contributed by atoms with Crippen LogP contribution < -0.4 is 0 Å². The van der Waals surface area contributed by atoms with Gasteiger partial charge in [0.15, 0.2) is 0 Å². The molecular weight excluding hydrogens is 240 g/mol. The van der Waals surface area contributed by atoms with Crippen LogP contribution in [0.25, 0.3) is 10.8 Å². The van der Waals surface area contributed by atoms with Crippen molar-refractivity contribution >= 4 is 23.1 Å². The number of H-pyrrole nitrogens is 1. The Hall–Kier alpha value is -2.10. The molecule has 2 aromatic rings. The summed E-state index contributed by atoms with van der Waals surface area (Å²) in [5.74, 6) is -0.313. The van der Waals surface area contributed by atoms with Gasteiger partial charge in [-0.1, -0.05) is 44.0 Å². The summed E-state index contributed by atoms with van der Waals surface area (Å²) < 4.78 is 0.